The summed E-state index contributed by atoms with van der Waals surface area (Å²) in [6, 6.07) is 22.2. The summed E-state index contributed by atoms with van der Waals surface area (Å²) in [6.45, 7) is 3.89. The van der Waals surface area contributed by atoms with E-state index in [1.165, 1.54) is 67.0 Å². The predicted octanol–water partition coefficient (Wildman–Crippen LogP) is 12.4. The van der Waals surface area contributed by atoms with E-state index in [0.717, 1.165) is 47.8 Å². The maximum atomic E-state index is 12.7. The van der Waals surface area contributed by atoms with Gasteiger partial charge in [0.1, 0.15) is 50.8 Å². The Hall–Kier alpha value is -10.5. The summed E-state index contributed by atoms with van der Waals surface area (Å²) in [5.41, 5.74) is -0.0299. The van der Waals surface area contributed by atoms with Gasteiger partial charge in [-0.1, -0.05) is 6.07 Å². The zero-order chi connectivity index (χ0) is 79.6. The zero-order valence-corrected chi connectivity index (χ0v) is 63.2. The van der Waals surface area contributed by atoms with E-state index in [1.807, 2.05) is 0 Å². The van der Waals surface area contributed by atoms with Crippen LogP contribution in [0, 0.1) is 42.2 Å². The largest absolute Gasteiger partial charge is 0.497 e. The molecule has 3 heterocycles. The molecule has 0 atom stereocenters. The Morgan fingerprint density at radius 2 is 1.13 bits per heavy atom. The minimum Gasteiger partial charge on any atom is -0.497 e. The third-order valence-electron chi connectivity index (χ3n) is 14.8. The molecule has 41 nitrogen and oxygen atoms in total. The summed E-state index contributed by atoms with van der Waals surface area (Å²) in [5.74, 6) is -4.36. The number of nitro benzene ring substituents is 1. The van der Waals surface area contributed by atoms with Gasteiger partial charge in [-0.3, -0.25) is 41.8 Å². The highest BCUT2D eigenvalue weighted by molar-refractivity contribution is 7.99. The van der Waals surface area contributed by atoms with Crippen LogP contribution in [-0.4, -0.2) is 167 Å². The molecule has 10 N–H and O–H groups in total. The lowest BCUT2D eigenvalue weighted by Crippen LogP contribution is -2.17. The van der Waals surface area contributed by atoms with E-state index < -0.39 is 140 Å². The summed E-state index contributed by atoms with van der Waals surface area (Å²) in [7, 11) is -26.6. The number of hydrogen-bond acceptors (Lipinski definition) is 35. The van der Waals surface area contributed by atoms with Crippen molar-refractivity contribution >= 4 is 181 Å². The number of nitriles is 1. The summed E-state index contributed by atoms with van der Waals surface area (Å²) >= 11 is 1.95. The lowest BCUT2D eigenvalue weighted by molar-refractivity contribution is -0.385. The highest BCUT2D eigenvalue weighted by Gasteiger charge is 2.25. The summed E-state index contributed by atoms with van der Waals surface area (Å²) in [4.78, 5) is 26.8. The molecule has 49 heteroatoms. The smallest absolute Gasteiger partial charge is 0.297 e. The normalized spacial score (nSPS) is 12.6. The number of pyridine rings is 1. The summed E-state index contributed by atoms with van der Waals surface area (Å²) in [5, 5.41) is 77.1. The van der Waals surface area contributed by atoms with E-state index in [1.54, 1.807) is 32.0 Å². The molecule has 9 rings (SSSR count). The zero-order valence-electron chi connectivity index (χ0n) is 56.7. The molecule has 0 aliphatic carbocycles. The average molecular weight is 1660 g/mol. The van der Waals surface area contributed by atoms with Crippen molar-refractivity contribution in [3.63, 3.8) is 0 Å². The number of benzene rings is 6. The molecule has 0 fully saturated rings. The Morgan fingerprint density at radius 3 is 1.72 bits per heavy atom. The Bertz CT molecular complexity index is 5990. The van der Waals surface area contributed by atoms with Crippen LogP contribution in [0.1, 0.15) is 41.5 Å². The molecule has 0 aliphatic rings. The fraction of sp³-hybridized carbons (Fsp3) is 0.250. The second kappa shape index (κ2) is 34.4. The summed E-state index contributed by atoms with van der Waals surface area (Å²) in [6.07, 6.45) is -0.505. The first kappa shape index (κ1) is 82.6. The van der Waals surface area contributed by atoms with Gasteiger partial charge in [-0.15, -0.1) is 54.2 Å². The number of fused-ring (bicyclic) bond motifs is 3. The number of nitrogens with zero attached hydrogens (tertiary/aromatic N) is 15. The molecule has 576 valence electrons. The SMILES string of the molecule is COc1ccc2c(c1)nc1c(C#N)c(C)c(N=Nc3cc(C)c(N=Nc4cc(C)c(N=Nc5cc(Nc6nc(NCCS(=O)(=O)O)nc(Nc7cccc(S(=O)(=O)O)c7)n6)c(N=Nc6ccc([N+](=O)[O-])cc6S(=O)(=O)O)cc5SCCCS(=O)(=O)O)cc4SCCCS(=O)(=O)O)cc3OCCCS(=O)(=O)O)c(O)n12. The molecule has 109 heavy (non-hydrogen) atoms. The number of hydrogen-bond donors (Lipinski definition) is 10. The highest BCUT2D eigenvalue weighted by Crippen LogP contribution is 2.46. The molecule has 0 unspecified atom stereocenters. The number of methoxy groups -OCH3 is 1. The molecule has 0 aliphatic heterocycles. The van der Waals surface area contributed by atoms with Crippen LogP contribution in [0.5, 0.6) is 17.4 Å². The van der Waals surface area contributed by atoms with Crippen LogP contribution >= 0.6 is 23.5 Å². The highest BCUT2D eigenvalue weighted by atomic mass is 32.2. The van der Waals surface area contributed by atoms with Crippen molar-refractivity contribution in [1.29, 1.82) is 5.26 Å². The first-order valence-corrected chi connectivity index (χ1v) is 42.2. The van der Waals surface area contributed by atoms with Crippen LogP contribution in [-0.2, 0) is 60.7 Å². The molecule has 0 radical (unpaired) electrons. The number of aromatic nitrogens is 5. The minimum atomic E-state index is -5.27. The second-order valence-electron chi connectivity index (χ2n) is 22.9. The number of aromatic hydroxyl groups is 1. The van der Waals surface area contributed by atoms with Gasteiger partial charge < -0.3 is 30.5 Å². The first-order valence-electron chi connectivity index (χ1n) is 30.9. The van der Waals surface area contributed by atoms with Crippen molar-refractivity contribution in [2.24, 2.45) is 40.9 Å². The number of azo groups is 4. The van der Waals surface area contributed by atoms with Crippen molar-refractivity contribution in [2.75, 3.05) is 70.7 Å². The van der Waals surface area contributed by atoms with E-state index in [2.05, 4.69) is 82.9 Å². The van der Waals surface area contributed by atoms with Crippen molar-refractivity contribution in [1.82, 2.24) is 24.3 Å². The predicted molar refractivity (Wildman–Crippen MR) is 396 cm³/mol. The van der Waals surface area contributed by atoms with Crippen molar-refractivity contribution in [3.8, 4) is 23.4 Å². The monoisotopic (exact) mass is 1660 g/mol. The Balaban J connectivity index is 1.16. The van der Waals surface area contributed by atoms with E-state index in [0.29, 0.717) is 34.0 Å². The number of ether oxygens (including phenoxy) is 2. The number of anilines is 5. The molecule has 9 aromatic rings. The van der Waals surface area contributed by atoms with Crippen molar-refractivity contribution in [3.05, 3.63) is 129 Å². The summed E-state index contributed by atoms with van der Waals surface area (Å²) < 4.78 is 215. The Kier molecular flexibility index (Phi) is 26.1. The van der Waals surface area contributed by atoms with E-state index in [9.17, 15) is 98.3 Å². The lowest BCUT2D eigenvalue weighted by atomic mass is 10.1. The molecule has 0 amide bonds. The van der Waals surface area contributed by atoms with Gasteiger partial charge in [0.2, 0.25) is 23.7 Å². The van der Waals surface area contributed by atoms with Crippen LogP contribution in [0.2, 0.25) is 0 Å². The number of imidazole rings is 1. The Morgan fingerprint density at radius 1 is 0.578 bits per heavy atom. The van der Waals surface area contributed by atoms with Crippen LogP contribution in [0.3, 0.4) is 0 Å². The number of rotatable bonds is 35. The van der Waals surface area contributed by atoms with Gasteiger partial charge in [0.15, 0.2) is 11.3 Å². The minimum absolute atomic E-state index is 0.00904. The van der Waals surface area contributed by atoms with Crippen LogP contribution in [0.15, 0.2) is 158 Å². The van der Waals surface area contributed by atoms with Crippen LogP contribution < -0.4 is 25.4 Å². The molecular formula is C60H60N18O23S8. The van der Waals surface area contributed by atoms with Gasteiger partial charge in [-0.2, -0.15) is 80.9 Å². The van der Waals surface area contributed by atoms with Gasteiger partial charge >= 0.3 is 0 Å². The third-order valence-corrected chi connectivity index (χ3v) is 21.9. The fourth-order valence-electron chi connectivity index (χ4n) is 9.69. The maximum absolute atomic E-state index is 12.7. The molecule has 0 saturated heterocycles. The first-order chi connectivity index (χ1) is 51.1. The average Bonchev–Trinajstić information content (AvgIpc) is 1.60. The van der Waals surface area contributed by atoms with Crippen LogP contribution in [0.25, 0.3) is 16.7 Å². The molecule has 6 aromatic carbocycles. The van der Waals surface area contributed by atoms with Crippen molar-refractivity contribution < 1.29 is 97.3 Å². The molecule has 3 aromatic heterocycles. The number of nitrogens with one attached hydrogen (secondary N) is 3. The van der Waals surface area contributed by atoms with Gasteiger partial charge in [0.05, 0.1) is 80.3 Å². The molecule has 0 bridgehead atoms. The van der Waals surface area contributed by atoms with Crippen LogP contribution in [0.4, 0.5) is 80.4 Å². The number of nitro groups is 1. The second-order valence-corrected chi connectivity index (χ2v) is 34.3. The standard InChI is InChI=1S/C60H60N18O23S8/c1-33-23-47(73-76-55-35(3)40(32-61)56-64-46-27-38(100-4)12-14-50(46)77(56)57(55)79)51(101-16-6-19-104(82,83)84)29-42(33)70-74-48-24-34(2)43(30-52(48)102-17-7-20-105(85,86)87)71-75-49-28-44(65-60-67-58(62-15-22-107(91,92)93)66-59(68-60)63-36-9-5-10-39(25-36)108(94,95)96)45(31-53(49)103-18-8-21-106(88,89)90)72-69-41-13-11-37(78(80)81)26-54(41)109(97,98)99/h5,9-14,23-31,79H,6-8,15-22H2,1-4H3,(H,82,83,84)(H,85,86,87)(H,88,89,90)(H,91,92,93)(H,94,95,96)(H,97,98,99)(H3,62,63,65,66,67,68). The van der Waals surface area contributed by atoms with E-state index in [-0.39, 0.29) is 121 Å². The van der Waals surface area contributed by atoms with Crippen molar-refractivity contribution in [2.45, 2.75) is 59.6 Å². The maximum Gasteiger partial charge on any atom is 0.297 e. The van der Waals surface area contributed by atoms with Gasteiger partial charge in [-0.25, -0.2) is 4.98 Å². The van der Waals surface area contributed by atoms with Gasteiger partial charge in [0, 0.05) is 51.9 Å². The molecular weight excluding hydrogens is 1600 g/mol. The molecule has 0 saturated carbocycles. The quantitative estimate of drug-likeness (QED) is 0.00440. The fourth-order valence-corrected chi connectivity index (χ4v) is 15.0. The van der Waals surface area contributed by atoms with E-state index in [4.69, 9.17) is 9.47 Å². The number of non-ortho nitro benzene ring substituents is 1. The number of aryl methyl sites for hydroxylation is 2. The lowest BCUT2D eigenvalue weighted by Gasteiger charge is -2.14. The number of thioether (sulfide) groups is 2. The topological polar surface area (TPSA) is 623 Å². The van der Waals surface area contributed by atoms with E-state index >= 15 is 0 Å². The Labute approximate surface area is 628 Å². The molecule has 0 spiro atoms. The third kappa shape index (κ3) is 23.0. The van der Waals surface area contributed by atoms with Gasteiger partial charge in [0.25, 0.3) is 66.4 Å². The van der Waals surface area contributed by atoms with Gasteiger partial charge in [-0.05, 0) is 129 Å².